The van der Waals surface area contributed by atoms with Crippen molar-refractivity contribution < 1.29 is 5.11 Å². The second-order valence-corrected chi connectivity index (χ2v) is 6.39. The van der Waals surface area contributed by atoms with Crippen LogP contribution in [0.15, 0.2) is 0 Å². The lowest BCUT2D eigenvalue weighted by Gasteiger charge is -2.45. The Balaban J connectivity index is 1.98. The summed E-state index contributed by atoms with van der Waals surface area (Å²) in [5.41, 5.74) is 5.98. The second-order valence-electron chi connectivity index (χ2n) is 6.39. The Kier molecular flexibility index (Phi) is 5.05. The lowest BCUT2D eigenvalue weighted by molar-refractivity contribution is 0.0459. The summed E-state index contributed by atoms with van der Waals surface area (Å²) in [4.78, 5) is 2.69. The maximum atomic E-state index is 9.49. The van der Waals surface area contributed by atoms with E-state index in [1.54, 1.807) is 0 Å². The molecule has 0 amide bonds. The molecule has 2 aliphatic rings. The average Bonchev–Trinajstić information content (AvgIpc) is 2.41. The molecule has 3 heteroatoms. The summed E-state index contributed by atoms with van der Waals surface area (Å²) in [6.45, 7) is 3.56. The van der Waals surface area contributed by atoms with Crippen LogP contribution in [0.4, 0.5) is 0 Å². The van der Waals surface area contributed by atoms with Gasteiger partial charge in [-0.2, -0.15) is 0 Å². The first-order valence-corrected chi connectivity index (χ1v) is 7.84. The molecule has 2 aliphatic carbocycles. The molecule has 0 aromatic heterocycles. The highest BCUT2D eigenvalue weighted by atomic mass is 16.3. The fourth-order valence-electron chi connectivity index (χ4n) is 4.02. The van der Waals surface area contributed by atoms with Crippen LogP contribution in [0, 0.1) is 0 Å². The van der Waals surface area contributed by atoms with Gasteiger partial charge in [0.2, 0.25) is 0 Å². The molecule has 2 rings (SSSR count). The maximum Gasteiger partial charge on any atom is 0.0611 e. The SMILES string of the molecule is CCN(C1CCCCC1)C1CCCC(N)(CO)C1. The third kappa shape index (κ3) is 3.25. The first kappa shape index (κ1) is 14.3. The van der Waals surface area contributed by atoms with Crippen molar-refractivity contribution in [3.8, 4) is 0 Å². The zero-order valence-corrected chi connectivity index (χ0v) is 11.9. The van der Waals surface area contributed by atoms with Crippen molar-refractivity contribution >= 4 is 0 Å². The van der Waals surface area contributed by atoms with Gasteiger partial charge in [0.1, 0.15) is 0 Å². The van der Waals surface area contributed by atoms with Crippen molar-refractivity contribution in [2.45, 2.75) is 82.3 Å². The van der Waals surface area contributed by atoms with Gasteiger partial charge >= 0.3 is 0 Å². The zero-order chi connectivity index (χ0) is 13.0. The van der Waals surface area contributed by atoms with Crippen LogP contribution in [0.2, 0.25) is 0 Å². The molecule has 18 heavy (non-hydrogen) atoms. The molecule has 0 radical (unpaired) electrons. The van der Waals surface area contributed by atoms with E-state index in [-0.39, 0.29) is 12.1 Å². The number of nitrogens with zero attached hydrogens (tertiary/aromatic N) is 1. The summed E-state index contributed by atoms with van der Waals surface area (Å²) in [5.74, 6) is 0. The molecule has 0 saturated heterocycles. The normalized spacial score (nSPS) is 35.0. The summed E-state index contributed by atoms with van der Waals surface area (Å²) in [5, 5.41) is 9.49. The Hall–Kier alpha value is -0.120. The van der Waals surface area contributed by atoms with Gasteiger partial charge < -0.3 is 10.8 Å². The minimum Gasteiger partial charge on any atom is -0.394 e. The van der Waals surface area contributed by atoms with E-state index in [0.29, 0.717) is 6.04 Å². The molecular formula is C15H30N2O. The number of aliphatic hydroxyl groups excluding tert-OH is 1. The summed E-state index contributed by atoms with van der Waals surface area (Å²) < 4.78 is 0. The minimum absolute atomic E-state index is 0.145. The van der Waals surface area contributed by atoms with E-state index in [2.05, 4.69) is 11.8 Å². The van der Waals surface area contributed by atoms with E-state index in [1.807, 2.05) is 0 Å². The van der Waals surface area contributed by atoms with Gasteiger partial charge in [-0.15, -0.1) is 0 Å². The third-order valence-electron chi connectivity index (χ3n) is 5.05. The van der Waals surface area contributed by atoms with Crippen molar-refractivity contribution in [1.29, 1.82) is 0 Å². The number of rotatable bonds is 4. The summed E-state index contributed by atoms with van der Waals surface area (Å²) in [6.07, 6.45) is 11.3. The topological polar surface area (TPSA) is 49.5 Å². The first-order chi connectivity index (χ1) is 8.68. The van der Waals surface area contributed by atoms with Crippen LogP contribution in [-0.2, 0) is 0 Å². The van der Waals surface area contributed by atoms with E-state index >= 15 is 0 Å². The fraction of sp³-hybridized carbons (Fsp3) is 1.00. The monoisotopic (exact) mass is 254 g/mol. The summed E-state index contributed by atoms with van der Waals surface area (Å²) in [7, 11) is 0. The molecule has 0 aromatic carbocycles. The lowest BCUT2D eigenvalue weighted by atomic mass is 9.78. The molecule has 2 atom stereocenters. The number of hydrogen-bond donors (Lipinski definition) is 2. The first-order valence-electron chi connectivity index (χ1n) is 7.84. The molecule has 3 N–H and O–H groups in total. The Morgan fingerprint density at radius 3 is 2.39 bits per heavy atom. The minimum atomic E-state index is -0.314. The van der Waals surface area contributed by atoms with Gasteiger partial charge in [-0.05, 0) is 45.1 Å². The van der Waals surface area contributed by atoms with Crippen LogP contribution in [0.5, 0.6) is 0 Å². The molecule has 0 heterocycles. The van der Waals surface area contributed by atoms with Gasteiger partial charge in [-0.1, -0.05) is 26.2 Å². The highest BCUT2D eigenvalue weighted by Crippen LogP contribution is 2.33. The molecule has 2 saturated carbocycles. The van der Waals surface area contributed by atoms with E-state index in [9.17, 15) is 5.11 Å². The largest absolute Gasteiger partial charge is 0.394 e. The zero-order valence-electron chi connectivity index (χ0n) is 11.9. The molecule has 3 nitrogen and oxygen atoms in total. The molecule has 0 aliphatic heterocycles. The maximum absolute atomic E-state index is 9.49. The molecule has 2 fully saturated rings. The molecule has 0 aromatic rings. The van der Waals surface area contributed by atoms with Gasteiger partial charge in [-0.25, -0.2) is 0 Å². The van der Waals surface area contributed by atoms with E-state index in [0.717, 1.165) is 25.4 Å². The molecule has 106 valence electrons. The highest BCUT2D eigenvalue weighted by molar-refractivity contribution is 4.95. The third-order valence-corrected chi connectivity index (χ3v) is 5.05. The second kappa shape index (κ2) is 6.36. The molecular weight excluding hydrogens is 224 g/mol. The number of hydrogen-bond acceptors (Lipinski definition) is 3. The van der Waals surface area contributed by atoms with Gasteiger partial charge in [0.25, 0.3) is 0 Å². The highest BCUT2D eigenvalue weighted by Gasteiger charge is 2.36. The van der Waals surface area contributed by atoms with Crippen molar-refractivity contribution in [2.75, 3.05) is 13.2 Å². The van der Waals surface area contributed by atoms with Gasteiger partial charge in [-0.3, -0.25) is 4.90 Å². The van der Waals surface area contributed by atoms with E-state index < -0.39 is 0 Å². The Morgan fingerprint density at radius 1 is 1.11 bits per heavy atom. The van der Waals surface area contributed by atoms with Crippen molar-refractivity contribution in [1.82, 2.24) is 4.90 Å². The van der Waals surface area contributed by atoms with Crippen LogP contribution in [0.25, 0.3) is 0 Å². The van der Waals surface area contributed by atoms with Crippen LogP contribution < -0.4 is 5.73 Å². The Bertz CT molecular complexity index is 253. The van der Waals surface area contributed by atoms with Crippen molar-refractivity contribution in [3.63, 3.8) is 0 Å². The van der Waals surface area contributed by atoms with Gasteiger partial charge in [0, 0.05) is 17.6 Å². The fourth-order valence-corrected chi connectivity index (χ4v) is 4.02. The summed E-state index contributed by atoms with van der Waals surface area (Å²) in [6, 6.07) is 1.37. The van der Waals surface area contributed by atoms with Crippen LogP contribution in [0.1, 0.15) is 64.7 Å². The van der Waals surface area contributed by atoms with Gasteiger partial charge in [0.15, 0.2) is 0 Å². The Morgan fingerprint density at radius 2 is 1.78 bits per heavy atom. The van der Waals surface area contributed by atoms with E-state index in [1.165, 1.54) is 44.9 Å². The summed E-state index contributed by atoms with van der Waals surface area (Å²) >= 11 is 0. The lowest BCUT2D eigenvalue weighted by Crippen LogP contribution is -2.55. The van der Waals surface area contributed by atoms with E-state index in [4.69, 9.17) is 5.73 Å². The standard InChI is InChI=1S/C15H30N2O/c1-2-17(13-7-4-3-5-8-13)14-9-6-10-15(16,11-14)12-18/h13-14,18H,2-12,16H2,1H3. The number of aliphatic hydroxyl groups is 1. The molecule has 0 bridgehead atoms. The predicted octanol–water partition coefficient (Wildman–Crippen LogP) is 2.27. The Labute approximate surface area is 112 Å². The smallest absolute Gasteiger partial charge is 0.0611 e. The van der Waals surface area contributed by atoms with Crippen LogP contribution >= 0.6 is 0 Å². The average molecular weight is 254 g/mol. The van der Waals surface area contributed by atoms with Crippen molar-refractivity contribution in [3.05, 3.63) is 0 Å². The predicted molar refractivity (Wildman–Crippen MR) is 75.5 cm³/mol. The van der Waals surface area contributed by atoms with Crippen LogP contribution in [-0.4, -0.2) is 40.8 Å². The van der Waals surface area contributed by atoms with Gasteiger partial charge in [0.05, 0.1) is 6.61 Å². The quantitative estimate of drug-likeness (QED) is 0.809. The molecule has 0 spiro atoms. The molecule has 2 unspecified atom stereocenters. The van der Waals surface area contributed by atoms with Crippen molar-refractivity contribution in [2.24, 2.45) is 5.73 Å². The van der Waals surface area contributed by atoms with Crippen LogP contribution in [0.3, 0.4) is 0 Å². The number of nitrogens with two attached hydrogens (primary N) is 1.